The molecule has 1 aromatic heterocycles. The molecular weight excluding hydrogens is 364 g/mol. The summed E-state index contributed by atoms with van der Waals surface area (Å²) in [4.78, 5) is 35.3. The fourth-order valence-electron chi connectivity index (χ4n) is 3.62. The number of piperidine rings is 2. The van der Waals surface area contributed by atoms with Crippen molar-refractivity contribution in [2.45, 2.75) is 46.1 Å². The highest BCUT2D eigenvalue weighted by Gasteiger charge is 2.30. The Morgan fingerprint density at radius 3 is 2.04 bits per heavy atom. The zero-order valence-electron chi connectivity index (χ0n) is 16.6. The van der Waals surface area contributed by atoms with Crippen LogP contribution in [0.4, 0.5) is 0 Å². The van der Waals surface area contributed by atoms with Gasteiger partial charge in [0.25, 0.3) is 0 Å². The van der Waals surface area contributed by atoms with Crippen LogP contribution in [0.2, 0.25) is 0 Å². The number of carboxylic acids is 2. The van der Waals surface area contributed by atoms with Gasteiger partial charge < -0.3 is 19.5 Å². The number of carbonyl (C=O) groups is 3. The molecule has 0 aromatic carbocycles. The maximum Gasteiger partial charge on any atom is 0.414 e. The summed E-state index contributed by atoms with van der Waals surface area (Å²) in [7, 11) is 0. The first-order valence-electron chi connectivity index (χ1n) is 9.79. The van der Waals surface area contributed by atoms with Crippen molar-refractivity contribution in [3.8, 4) is 0 Å². The highest BCUT2D eigenvalue weighted by Crippen LogP contribution is 2.24. The van der Waals surface area contributed by atoms with Crippen LogP contribution in [-0.2, 0) is 20.9 Å². The first kappa shape index (κ1) is 21.9. The molecule has 0 atom stereocenters. The lowest BCUT2D eigenvalue weighted by molar-refractivity contribution is -0.159. The topological polar surface area (TPSA) is 111 Å². The third kappa shape index (κ3) is 6.67. The number of hydrogen-bond donors (Lipinski definition) is 2. The number of hydrogen-bond acceptors (Lipinski definition) is 5. The maximum absolute atomic E-state index is 12.6. The molecule has 8 nitrogen and oxygen atoms in total. The maximum atomic E-state index is 12.6. The second-order valence-electron chi connectivity index (χ2n) is 7.68. The minimum atomic E-state index is -1.82. The SMILES string of the molecule is Cc1ccc(CN2CCC(C(=O)N3CCC(C)CC3)CC2)o1.O=C(O)C(=O)O. The molecule has 3 rings (SSSR count). The number of amides is 1. The molecule has 2 aliphatic heterocycles. The van der Waals surface area contributed by atoms with Crippen molar-refractivity contribution >= 4 is 17.8 Å². The van der Waals surface area contributed by atoms with E-state index >= 15 is 0 Å². The summed E-state index contributed by atoms with van der Waals surface area (Å²) in [6.07, 6.45) is 4.32. The minimum Gasteiger partial charge on any atom is -0.473 e. The second kappa shape index (κ2) is 10.3. The van der Waals surface area contributed by atoms with E-state index in [1.54, 1.807) is 0 Å². The number of carboxylic acid groups (broad SMARTS) is 2. The van der Waals surface area contributed by atoms with Crippen molar-refractivity contribution in [2.75, 3.05) is 26.2 Å². The molecule has 28 heavy (non-hydrogen) atoms. The Labute approximate surface area is 165 Å². The number of nitrogens with zero attached hydrogens (tertiary/aromatic N) is 2. The van der Waals surface area contributed by atoms with Crippen molar-refractivity contribution in [2.24, 2.45) is 11.8 Å². The Morgan fingerprint density at radius 2 is 1.57 bits per heavy atom. The Kier molecular flexibility index (Phi) is 8.04. The van der Waals surface area contributed by atoms with Gasteiger partial charge >= 0.3 is 11.9 Å². The largest absolute Gasteiger partial charge is 0.473 e. The van der Waals surface area contributed by atoms with Crippen molar-refractivity contribution < 1.29 is 29.0 Å². The minimum absolute atomic E-state index is 0.239. The molecule has 0 aliphatic carbocycles. The summed E-state index contributed by atoms with van der Waals surface area (Å²) >= 11 is 0. The van der Waals surface area contributed by atoms with Crippen molar-refractivity contribution in [3.05, 3.63) is 23.7 Å². The van der Waals surface area contributed by atoms with Gasteiger partial charge in [0.15, 0.2) is 0 Å². The first-order chi connectivity index (χ1) is 13.3. The fourth-order valence-corrected chi connectivity index (χ4v) is 3.62. The van der Waals surface area contributed by atoms with Crippen molar-refractivity contribution in [3.63, 3.8) is 0 Å². The Hall–Kier alpha value is -2.35. The lowest BCUT2D eigenvalue weighted by Crippen LogP contribution is -2.45. The van der Waals surface area contributed by atoms with Gasteiger partial charge in [0, 0.05) is 19.0 Å². The van der Waals surface area contributed by atoms with Crippen molar-refractivity contribution in [1.29, 1.82) is 0 Å². The first-order valence-corrected chi connectivity index (χ1v) is 9.79. The fraction of sp³-hybridized carbons (Fsp3) is 0.650. The van der Waals surface area contributed by atoms with E-state index in [1.165, 1.54) is 12.8 Å². The van der Waals surface area contributed by atoms with Gasteiger partial charge in [-0.3, -0.25) is 9.69 Å². The Morgan fingerprint density at radius 1 is 1.00 bits per heavy atom. The molecule has 0 spiro atoms. The van der Waals surface area contributed by atoms with E-state index in [0.29, 0.717) is 5.91 Å². The van der Waals surface area contributed by atoms with Gasteiger partial charge in [-0.2, -0.15) is 0 Å². The van der Waals surface area contributed by atoms with Crippen LogP contribution >= 0.6 is 0 Å². The van der Waals surface area contributed by atoms with Gasteiger partial charge in [-0.15, -0.1) is 0 Å². The normalized spacial score (nSPS) is 19.0. The highest BCUT2D eigenvalue weighted by molar-refractivity contribution is 6.27. The van der Waals surface area contributed by atoms with E-state index in [0.717, 1.165) is 63.0 Å². The third-order valence-corrected chi connectivity index (χ3v) is 5.39. The van der Waals surface area contributed by atoms with Crippen LogP contribution in [0.5, 0.6) is 0 Å². The van der Waals surface area contributed by atoms with Gasteiger partial charge in [0.05, 0.1) is 6.54 Å². The predicted molar refractivity (Wildman–Crippen MR) is 102 cm³/mol. The lowest BCUT2D eigenvalue weighted by Gasteiger charge is -2.36. The Balaban J connectivity index is 0.000000409. The van der Waals surface area contributed by atoms with Crippen LogP contribution < -0.4 is 0 Å². The number of likely N-dealkylation sites (tertiary alicyclic amines) is 2. The number of carbonyl (C=O) groups excluding carboxylic acids is 1. The molecule has 1 aromatic rings. The van der Waals surface area contributed by atoms with Crippen LogP contribution in [0.1, 0.15) is 44.1 Å². The third-order valence-electron chi connectivity index (χ3n) is 5.39. The van der Waals surface area contributed by atoms with Crippen molar-refractivity contribution in [1.82, 2.24) is 9.80 Å². The average molecular weight is 394 g/mol. The van der Waals surface area contributed by atoms with Crippen LogP contribution in [-0.4, -0.2) is 64.0 Å². The van der Waals surface area contributed by atoms with Crippen LogP contribution in [0.15, 0.2) is 16.5 Å². The molecule has 0 unspecified atom stereocenters. The summed E-state index contributed by atoms with van der Waals surface area (Å²) in [6, 6.07) is 4.07. The Bertz CT molecular complexity index is 658. The molecular formula is C20H30N2O6. The summed E-state index contributed by atoms with van der Waals surface area (Å²) in [5, 5.41) is 14.8. The summed E-state index contributed by atoms with van der Waals surface area (Å²) in [5.41, 5.74) is 0. The van der Waals surface area contributed by atoms with Crippen LogP contribution in [0.3, 0.4) is 0 Å². The average Bonchev–Trinajstić information content (AvgIpc) is 3.07. The van der Waals surface area contributed by atoms with Gasteiger partial charge in [0.1, 0.15) is 11.5 Å². The smallest absolute Gasteiger partial charge is 0.414 e. The highest BCUT2D eigenvalue weighted by atomic mass is 16.4. The van der Waals surface area contributed by atoms with Gasteiger partial charge in [0.2, 0.25) is 5.91 Å². The van der Waals surface area contributed by atoms with E-state index in [2.05, 4.69) is 22.8 Å². The molecule has 2 aliphatic rings. The molecule has 156 valence electrons. The number of furan rings is 1. The van der Waals surface area contributed by atoms with Crippen LogP contribution in [0, 0.1) is 18.8 Å². The molecule has 0 bridgehead atoms. The van der Waals surface area contributed by atoms with E-state index in [9.17, 15) is 4.79 Å². The van der Waals surface area contributed by atoms with E-state index in [4.69, 9.17) is 24.2 Å². The van der Waals surface area contributed by atoms with E-state index in [1.807, 2.05) is 13.0 Å². The molecule has 0 radical (unpaired) electrons. The van der Waals surface area contributed by atoms with E-state index < -0.39 is 11.9 Å². The zero-order valence-corrected chi connectivity index (χ0v) is 16.6. The molecule has 1 amide bonds. The van der Waals surface area contributed by atoms with E-state index in [-0.39, 0.29) is 5.92 Å². The quantitative estimate of drug-likeness (QED) is 0.756. The predicted octanol–water partition coefficient (Wildman–Crippen LogP) is 2.21. The number of rotatable bonds is 3. The zero-order chi connectivity index (χ0) is 20.7. The summed E-state index contributed by atoms with van der Waals surface area (Å²) in [6.45, 7) is 9.07. The number of aryl methyl sites for hydroxylation is 1. The molecule has 2 N–H and O–H groups in total. The van der Waals surface area contributed by atoms with Gasteiger partial charge in [-0.25, -0.2) is 9.59 Å². The van der Waals surface area contributed by atoms with Gasteiger partial charge in [-0.1, -0.05) is 6.92 Å². The molecule has 2 fully saturated rings. The second-order valence-corrected chi connectivity index (χ2v) is 7.68. The molecule has 2 saturated heterocycles. The molecule has 8 heteroatoms. The lowest BCUT2D eigenvalue weighted by atomic mass is 9.92. The monoisotopic (exact) mass is 394 g/mol. The summed E-state index contributed by atoms with van der Waals surface area (Å²) in [5.74, 6) is -0.220. The molecule has 3 heterocycles. The summed E-state index contributed by atoms with van der Waals surface area (Å²) < 4.78 is 5.65. The standard InChI is InChI=1S/C18H28N2O2.C2H2O4/c1-14-5-11-20(12-6-14)18(21)16-7-9-19(10-8-16)13-17-4-3-15(2)22-17;3-1(4)2(5)6/h3-4,14,16H,5-13H2,1-2H3;(H,3,4)(H,5,6). The molecule has 0 saturated carbocycles. The van der Waals surface area contributed by atoms with Gasteiger partial charge in [-0.05, 0) is 63.7 Å². The number of aliphatic carboxylic acids is 2. The van der Waals surface area contributed by atoms with Crippen LogP contribution in [0.25, 0.3) is 0 Å².